The zero-order valence-electron chi connectivity index (χ0n) is 16.4. The van der Waals surface area contributed by atoms with Gasteiger partial charge in [0, 0.05) is 24.9 Å². The third-order valence-corrected chi connectivity index (χ3v) is 5.46. The molecule has 29 heavy (non-hydrogen) atoms. The number of aryl methyl sites for hydroxylation is 2. The molecule has 0 fully saturated rings. The van der Waals surface area contributed by atoms with Crippen LogP contribution in [0.15, 0.2) is 71.5 Å². The fourth-order valence-electron chi connectivity index (χ4n) is 3.96. The largest absolute Gasteiger partial charge is 0.354 e. The van der Waals surface area contributed by atoms with E-state index in [0.717, 1.165) is 41.6 Å². The molecule has 1 N–H and O–H groups in total. The first kappa shape index (κ1) is 19.1. The van der Waals surface area contributed by atoms with Crippen molar-refractivity contribution in [1.82, 2.24) is 15.1 Å². The molecule has 0 bridgehead atoms. The van der Waals surface area contributed by atoms with Gasteiger partial charge in [0.2, 0.25) is 5.91 Å². The van der Waals surface area contributed by atoms with E-state index in [0.29, 0.717) is 19.5 Å². The number of carbonyl (C=O) groups is 1. The molecule has 1 aliphatic carbocycles. The lowest BCUT2D eigenvalue weighted by atomic mass is 9.88. The van der Waals surface area contributed by atoms with E-state index in [1.807, 2.05) is 36.4 Å². The van der Waals surface area contributed by atoms with Gasteiger partial charge in [0.05, 0.1) is 12.2 Å². The molecule has 1 amide bonds. The van der Waals surface area contributed by atoms with E-state index < -0.39 is 0 Å². The van der Waals surface area contributed by atoms with Gasteiger partial charge in [-0.25, -0.2) is 4.68 Å². The molecule has 1 aliphatic rings. The van der Waals surface area contributed by atoms with Gasteiger partial charge in [-0.05, 0) is 36.0 Å². The van der Waals surface area contributed by atoms with Crippen molar-refractivity contribution in [3.8, 4) is 0 Å². The molecule has 0 radical (unpaired) electrons. The molecule has 148 valence electrons. The van der Waals surface area contributed by atoms with E-state index in [1.165, 1.54) is 4.68 Å². The average molecular weight is 387 g/mol. The second-order valence-electron chi connectivity index (χ2n) is 7.46. The number of hydrogen-bond donors (Lipinski definition) is 1. The molecule has 0 unspecified atom stereocenters. The van der Waals surface area contributed by atoms with E-state index in [9.17, 15) is 9.59 Å². The molecule has 0 saturated carbocycles. The lowest BCUT2D eigenvalue weighted by Crippen LogP contribution is -2.33. The van der Waals surface area contributed by atoms with Gasteiger partial charge >= 0.3 is 0 Å². The Morgan fingerprint density at radius 1 is 1.00 bits per heavy atom. The average Bonchev–Trinajstić information content (AvgIpc) is 3.20. The lowest BCUT2D eigenvalue weighted by Gasteiger charge is -2.18. The minimum absolute atomic E-state index is 0.00163. The Labute approximate surface area is 170 Å². The number of hydrogen-bond acceptors (Lipinski definition) is 3. The Bertz CT molecular complexity index is 989. The van der Waals surface area contributed by atoms with Crippen LogP contribution in [0.5, 0.6) is 0 Å². The zero-order chi connectivity index (χ0) is 20.1. The summed E-state index contributed by atoms with van der Waals surface area (Å²) in [6.07, 6.45) is 3.29. The van der Waals surface area contributed by atoms with Gasteiger partial charge in [-0.1, -0.05) is 60.7 Å². The molecule has 1 heterocycles. The lowest BCUT2D eigenvalue weighted by molar-refractivity contribution is -0.121. The fraction of sp³-hybridized carbons (Fsp3) is 0.292. The van der Waals surface area contributed by atoms with Gasteiger partial charge in [-0.3, -0.25) is 9.59 Å². The van der Waals surface area contributed by atoms with E-state index in [1.54, 1.807) is 6.07 Å². The molecule has 0 atom stereocenters. The van der Waals surface area contributed by atoms with Crippen molar-refractivity contribution in [1.29, 1.82) is 0 Å². The second-order valence-corrected chi connectivity index (χ2v) is 7.46. The van der Waals surface area contributed by atoms with Crippen LogP contribution >= 0.6 is 0 Å². The monoisotopic (exact) mass is 387 g/mol. The summed E-state index contributed by atoms with van der Waals surface area (Å²) < 4.78 is 1.47. The molecule has 5 heteroatoms. The number of benzene rings is 2. The highest BCUT2D eigenvalue weighted by atomic mass is 16.1. The summed E-state index contributed by atoms with van der Waals surface area (Å²) in [6.45, 7) is 0.778. The standard InChI is InChI=1S/C24H25N3O2/c28-23(25-14-15-27-24(29)16-20-12-7-13-22(20)26-27)17-21(18-8-3-1-4-9-18)19-10-5-2-6-11-19/h1-6,8-11,16,21H,7,12-15,17H2,(H,25,28). The molecule has 0 aliphatic heterocycles. The van der Waals surface area contributed by atoms with Crippen LogP contribution in [0.4, 0.5) is 0 Å². The van der Waals surface area contributed by atoms with Gasteiger partial charge < -0.3 is 5.32 Å². The summed E-state index contributed by atoms with van der Waals surface area (Å²) in [5.41, 5.74) is 4.23. The van der Waals surface area contributed by atoms with Crippen LogP contribution in [0.2, 0.25) is 0 Å². The Balaban J connectivity index is 1.39. The quantitative estimate of drug-likeness (QED) is 0.678. The topological polar surface area (TPSA) is 64.0 Å². The highest BCUT2D eigenvalue weighted by molar-refractivity contribution is 5.77. The molecule has 5 nitrogen and oxygen atoms in total. The number of aromatic nitrogens is 2. The van der Waals surface area contributed by atoms with E-state index in [-0.39, 0.29) is 17.4 Å². The Kier molecular flexibility index (Phi) is 5.84. The number of nitrogens with zero attached hydrogens (tertiary/aromatic N) is 2. The van der Waals surface area contributed by atoms with Gasteiger partial charge in [0.25, 0.3) is 5.56 Å². The SMILES string of the molecule is O=C(CC(c1ccccc1)c1ccccc1)NCCn1nc2c(cc1=O)CCC2. The molecule has 4 rings (SSSR count). The van der Waals surface area contributed by atoms with Crippen LogP contribution in [0.1, 0.15) is 41.1 Å². The van der Waals surface area contributed by atoms with Crippen molar-refractivity contribution in [3.05, 3.63) is 99.5 Å². The second kappa shape index (κ2) is 8.86. The predicted molar refractivity (Wildman–Crippen MR) is 113 cm³/mol. The maximum absolute atomic E-state index is 12.6. The Hall–Kier alpha value is -3.21. The highest BCUT2D eigenvalue weighted by Crippen LogP contribution is 2.27. The van der Waals surface area contributed by atoms with Crippen LogP contribution in [-0.2, 0) is 24.2 Å². The maximum Gasteiger partial charge on any atom is 0.267 e. The molecule has 2 aromatic carbocycles. The smallest absolute Gasteiger partial charge is 0.267 e. The molecular weight excluding hydrogens is 362 g/mol. The Morgan fingerprint density at radius 2 is 1.66 bits per heavy atom. The minimum atomic E-state index is -0.0913. The van der Waals surface area contributed by atoms with Crippen LogP contribution < -0.4 is 10.9 Å². The molecule has 3 aromatic rings. The van der Waals surface area contributed by atoms with Crippen molar-refractivity contribution in [2.24, 2.45) is 0 Å². The first-order valence-corrected chi connectivity index (χ1v) is 10.2. The zero-order valence-corrected chi connectivity index (χ0v) is 16.4. The normalized spacial score (nSPS) is 12.7. The van der Waals surface area contributed by atoms with Crippen molar-refractivity contribution in [2.45, 2.75) is 38.1 Å². The first-order valence-electron chi connectivity index (χ1n) is 10.2. The third kappa shape index (κ3) is 4.62. The molecular formula is C24H25N3O2. The van der Waals surface area contributed by atoms with E-state index >= 15 is 0 Å². The number of fused-ring (bicyclic) bond motifs is 1. The van der Waals surface area contributed by atoms with Gasteiger partial charge in [0.15, 0.2) is 0 Å². The van der Waals surface area contributed by atoms with Gasteiger partial charge in [0.1, 0.15) is 0 Å². The van der Waals surface area contributed by atoms with Crippen molar-refractivity contribution in [3.63, 3.8) is 0 Å². The number of amides is 1. The van der Waals surface area contributed by atoms with E-state index in [2.05, 4.69) is 34.7 Å². The molecule has 0 saturated heterocycles. The first-order chi connectivity index (χ1) is 14.2. The number of nitrogens with one attached hydrogen (secondary N) is 1. The summed E-state index contributed by atoms with van der Waals surface area (Å²) >= 11 is 0. The summed E-state index contributed by atoms with van der Waals surface area (Å²) in [6, 6.07) is 21.8. The third-order valence-electron chi connectivity index (χ3n) is 5.46. The van der Waals surface area contributed by atoms with Gasteiger partial charge in [-0.2, -0.15) is 5.10 Å². The predicted octanol–water partition coefficient (Wildman–Crippen LogP) is 3.07. The number of rotatable bonds is 7. The summed E-state index contributed by atoms with van der Waals surface area (Å²) in [5.74, 6) is -0.0323. The van der Waals surface area contributed by atoms with Gasteiger partial charge in [-0.15, -0.1) is 0 Å². The van der Waals surface area contributed by atoms with Crippen molar-refractivity contribution in [2.75, 3.05) is 6.54 Å². The molecule has 1 aromatic heterocycles. The minimum Gasteiger partial charge on any atom is -0.354 e. The van der Waals surface area contributed by atoms with Crippen molar-refractivity contribution < 1.29 is 4.79 Å². The fourth-order valence-corrected chi connectivity index (χ4v) is 3.96. The van der Waals surface area contributed by atoms with Crippen LogP contribution in [0.3, 0.4) is 0 Å². The molecule has 0 spiro atoms. The van der Waals surface area contributed by atoms with Crippen LogP contribution in [-0.4, -0.2) is 22.2 Å². The Morgan fingerprint density at radius 3 is 2.31 bits per heavy atom. The summed E-state index contributed by atoms with van der Waals surface area (Å²) in [5, 5.41) is 7.42. The number of carbonyl (C=O) groups excluding carboxylic acids is 1. The van der Waals surface area contributed by atoms with E-state index in [4.69, 9.17) is 0 Å². The summed E-state index contributed by atoms with van der Waals surface area (Å²) in [4.78, 5) is 24.8. The van der Waals surface area contributed by atoms with Crippen LogP contribution in [0.25, 0.3) is 0 Å². The highest BCUT2D eigenvalue weighted by Gasteiger charge is 2.18. The van der Waals surface area contributed by atoms with Crippen molar-refractivity contribution >= 4 is 5.91 Å². The van der Waals surface area contributed by atoms with Crippen LogP contribution in [0, 0.1) is 0 Å². The maximum atomic E-state index is 12.6. The summed E-state index contributed by atoms with van der Waals surface area (Å²) in [7, 11) is 0.